The maximum absolute atomic E-state index is 5.20. The maximum atomic E-state index is 5.20. The van der Waals surface area contributed by atoms with Crippen molar-refractivity contribution in [3.63, 3.8) is 0 Å². The van der Waals surface area contributed by atoms with Crippen LogP contribution >= 0.6 is 22.7 Å². The molecule has 0 atom stereocenters. The Balaban J connectivity index is 1.93. The van der Waals surface area contributed by atoms with E-state index >= 15 is 0 Å². The number of rotatable bonds is 4. The van der Waals surface area contributed by atoms with Gasteiger partial charge in [0, 0.05) is 19.2 Å². The largest absolute Gasteiger partial charge is 0.497 e. The number of hydrogen-bond donors (Lipinski definition) is 0. The Kier molecular flexibility index (Phi) is 3.58. The first-order valence-electron chi connectivity index (χ1n) is 6.47. The first-order valence-corrected chi connectivity index (χ1v) is 8.10. The van der Waals surface area contributed by atoms with Gasteiger partial charge in [-0.25, -0.2) is 0 Å². The van der Waals surface area contributed by atoms with Crippen molar-refractivity contribution in [2.24, 2.45) is 0 Å². The second-order valence-electron chi connectivity index (χ2n) is 4.53. The van der Waals surface area contributed by atoms with Crippen molar-refractivity contribution in [2.45, 2.75) is 19.8 Å². The van der Waals surface area contributed by atoms with Crippen LogP contribution in [0.5, 0.6) is 5.75 Å². The highest BCUT2D eigenvalue weighted by Gasteiger charge is 2.08. The van der Waals surface area contributed by atoms with E-state index in [2.05, 4.69) is 31.2 Å². The number of benzene rings is 1. The Labute approximate surface area is 121 Å². The highest BCUT2D eigenvalue weighted by molar-refractivity contribution is 7.29. The van der Waals surface area contributed by atoms with Crippen molar-refractivity contribution < 1.29 is 4.74 Å². The molecule has 3 aromatic rings. The van der Waals surface area contributed by atoms with Crippen LogP contribution in [0.4, 0.5) is 0 Å². The fourth-order valence-electron chi connectivity index (χ4n) is 2.15. The zero-order valence-electron chi connectivity index (χ0n) is 11.1. The minimum Gasteiger partial charge on any atom is -0.497 e. The van der Waals surface area contributed by atoms with E-state index in [4.69, 9.17) is 4.74 Å². The van der Waals surface area contributed by atoms with Crippen LogP contribution in [-0.4, -0.2) is 7.11 Å². The van der Waals surface area contributed by atoms with Gasteiger partial charge >= 0.3 is 0 Å². The molecule has 0 N–H and O–H groups in total. The first-order chi connectivity index (χ1) is 9.30. The molecule has 0 aliphatic rings. The van der Waals surface area contributed by atoms with Gasteiger partial charge in [-0.15, -0.1) is 22.7 Å². The Morgan fingerprint density at radius 3 is 2.37 bits per heavy atom. The summed E-state index contributed by atoms with van der Waals surface area (Å²) in [4.78, 5) is 2.84. The minimum absolute atomic E-state index is 0.910. The van der Waals surface area contributed by atoms with Crippen LogP contribution in [0, 0.1) is 0 Å². The third-order valence-electron chi connectivity index (χ3n) is 3.13. The topological polar surface area (TPSA) is 9.23 Å². The van der Waals surface area contributed by atoms with Crippen molar-refractivity contribution >= 4 is 32.1 Å². The Morgan fingerprint density at radius 1 is 1.00 bits per heavy atom. The average Bonchev–Trinajstić information content (AvgIpc) is 2.97. The molecule has 0 radical (unpaired) electrons. The summed E-state index contributed by atoms with van der Waals surface area (Å²) in [5, 5.41) is 0. The summed E-state index contributed by atoms with van der Waals surface area (Å²) in [7, 11) is 1.70. The fourth-order valence-corrected chi connectivity index (χ4v) is 4.68. The molecule has 2 aromatic heterocycles. The molecule has 0 amide bonds. The Morgan fingerprint density at radius 2 is 1.74 bits per heavy atom. The Hall–Kier alpha value is -1.32. The van der Waals surface area contributed by atoms with Gasteiger partial charge in [0.1, 0.15) is 5.75 Å². The summed E-state index contributed by atoms with van der Waals surface area (Å²) in [6, 6.07) is 13.0. The molecule has 0 saturated heterocycles. The van der Waals surface area contributed by atoms with Crippen molar-refractivity contribution in [1.29, 1.82) is 0 Å². The van der Waals surface area contributed by atoms with Gasteiger partial charge in [-0.3, -0.25) is 0 Å². The van der Waals surface area contributed by atoms with Crippen LogP contribution in [0.1, 0.15) is 18.2 Å². The number of hydrogen-bond acceptors (Lipinski definition) is 3. The lowest BCUT2D eigenvalue weighted by Crippen LogP contribution is -1.81. The smallest absolute Gasteiger partial charge is 0.118 e. The lowest BCUT2D eigenvalue weighted by molar-refractivity contribution is 0.415. The van der Waals surface area contributed by atoms with E-state index in [1.54, 1.807) is 7.11 Å². The molecule has 0 fully saturated rings. The van der Waals surface area contributed by atoms with Gasteiger partial charge in [0.15, 0.2) is 0 Å². The molecule has 19 heavy (non-hydrogen) atoms. The van der Waals surface area contributed by atoms with Crippen LogP contribution < -0.4 is 4.74 Å². The molecule has 0 aliphatic heterocycles. The zero-order chi connectivity index (χ0) is 13.2. The predicted octanol–water partition coefficient (Wildman–Crippen LogP) is 5.59. The minimum atomic E-state index is 0.910. The van der Waals surface area contributed by atoms with Crippen LogP contribution in [0.2, 0.25) is 0 Å². The van der Waals surface area contributed by atoms with E-state index in [9.17, 15) is 0 Å². The van der Waals surface area contributed by atoms with E-state index in [0.717, 1.165) is 5.75 Å². The molecule has 0 spiro atoms. The Bertz CT molecular complexity index is 645. The van der Waals surface area contributed by atoms with Gasteiger partial charge in [-0.05, 0) is 48.4 Å². The summed E-state index contributed by atoms with van der Waals surface area (Å²) in [6.07, 6.45) is 2.42. The van der Waals surface area contributed by atoms with Crippen LogP contribution in [0.25, 0.3) is 19.8 Å². The SMILES string of the molecule is CCCc1cc2sc(-c3ccc(OC)cc3)cc2s1. The first kappa shape index (κ1) is 12.7. The molecule has 0 aliphatic carbocycles. The number of ether oxygens (including phenoxy) is 1. The van der Waals surface area contributed by atoms with Gasteiger partial charge in [0.25, 0.3) is 0 Å². The third-order valence-corrected chi connectivity index (χ3v) is 5.53. The molecule has 1 aromatic carbocycles. The number of methoxy groups -OCH3 is 1. The lowest BCUT2D eigenvalue weighted by atomic mass is 10.2. The van der Waals surface area contributed by atoms with Crippen LogP contribution in [-0.2, 0) is 6.42 Å². The molecular formula is C16H16OS2. The van der Waals surface area contributed by atoms with Crippen LogP contribution in [0.3, 0.4) is 0 Å². The molecule has 98 valence electrons. The number of fused-ring (bicyclic) bond motifs is 1. The quantitative estimate of drug-likeness (QED) is 0.608. The summed E-state index contributed by atoms with van der Waals surface area (Å²) < 4.78 is 8.03. The second kappa shape index (κ2) is 5.35. The zero-order valence-corrected chi connectivity index (χ0v) is 12.7. The van der Waals surface area contributed by atoms with Crippen molar-refractivity contribution in [3.05, 3.63) is 41.3 Å². The van der Waals surface area contributed by atoms with Gasteiger partial charge < -0.3 is 4.74 Å². The normalized spacial score (nSPS) is 11.1. The van der Waals surface area contributed by atoms with Gasteiger partial charge in [0.2, 0.25) is 0 Å². The molecule has 1 nitrogen and oxygen atoms in total. The van der Waals surface area contributed by atoms with Crippen molar-refractivity contribution in [2.75, 3.05) is 7.11 Å². The van der Waals surface area contributed by atoms with Crippen molar-refractivity contribution in [1.82, 2.24) is 0 Å². The van der Waals surface area contributed by atoms with E-state index in [1.807, 2.05) is 34.8 Å². The highest BCUT2D eigenvalue weighted by atomic mass is 32.1. The van der Waals surface area contributed by atoms with Gasteiger partial charge in [-0.1, -0.05) is 13.3 Å². The summed E-state index contributed by atoms with van der Waals surface area (Å²) in [5.41, 5.74) is 1.27. The molecule has 0 saturated carbocycles. The number of thiophene rings is 2. The monoisotopic (exact) mass is 288 g/mol. The molecule has 3 heteroatoms. The molecule has 0 bridgehead atoms. The highest BCUT2D eigenvalue weighted by Crippen LogP contribution is 2.38. The summed E-state index contributed by atoms with van der Waals surface area (Å²) >= 11 is 3.81. The summed E-state index contributed by atoms with van der Waals surface area (Å²) in [5.74, 6) is 0.910. The summed E-state index contributed by atoms with van der Waals surface area (Å²) in [6.45, 7) is 2.23. The maximum Gasteiger partial charge on any atom is 0.118 e. The lowest BCUT2D eigenvalue weighted by Gasteiger charge is -2.00. The predicted molar refractivity (Wildman–Crippen MR) is 85.7 cm³/mol. The van der Waals surface area contributed by atoms with Crippen LogP contribution in [0.15, 0.2) is 36.4 Å². The van der Waals surface area contributed by atoms with E-state index in [-0.39, 0.29) is 0 Å². The van der Waals surface area contributed by atoms with Gasteiger partial charge in [0.05, 0.1) is 7.11 Å². The average molecular weight is 288 g/mol. The fraction of sp³-hybridized carbons (Fsp3) is 0.250. The van der Waals surface area contributed by atoms with E-state index in [1.165, 1.54) is 37.6 Å². The molecule has 0 unspecified atom stereocenters. The van der Waals surface area contributed by atoms with E-state index < -0.39 is 0 Å². The second-order valence-corrected chi connectivity index (χ2v) is 6.78. The van der Waals surface area contributed by atoms with E-state index in [0.29, 0.717) is 0 Å². The molecule has 3 rings (SSSR count). The number of aryl methyl sites for hydroxylation is 1. The van der Waals surface area contributed by atoms with Gasteiger partial charge in [-0.2, -0.15) is 0 Å². The third kappa shape index (κ3) is 2.53. The van der Waals surface area contributed by atoms with Crippen molar-refractivity contribution in [3.8, 4) is 16.2 Å². The standard InChI is InChI=1S/C16H16OS2/c1-3-4-13-9-15-16(18-13)10-14(19-15)11-5-7-12(17-2)8-6-11/h5-10H,3-4H2,1-2H3. The molecule has 2 heterocycles. The molecular weight excluding hydrogens is 272 g/mol.